The monoisotopic (exact) mass is 652 g/mol. The molecule has 4 aromatic carbocycles. The van der Waals surface area contributed by atoms with Gasteiger partial charge in [-0.2, -0.15) is 0 Å². The van der Waals surface area contributed by atoms with Crippen molar-refractivity contribution < 1.29 is 19.1 Å². The lowest BCUT2D eigenvalue weighted by Crippen LogP contribution is -2.14. The lowest BCUT2D eigenvalue weighted by atomic mass is 9.96. The average molecular weight is 653 g/mol. The van der Waals surface area contributed by atoms with Gasteiger partial charge in [-0.1, -0.05) is 35.7 Å². The second kappa shape index (κ2) is 13.6. The van der Waals surface area contributed by atoms with Crippen LogP contribution >= 0.6 is 23.5 Å². The van der Waals surface area contributed by atoms with E-state index in [2.05, 4.69) is 30.6 Å². The molecule has 0 bridgehead atoms. The smallest absolute Gasteiger partial charge is 0.234 e. The Bertz CT molecular complexity index is 1920. The van der Waals surface area contributed by atoms with Crippen molar-refractivity contribution in [3.8, 4) is 22.6 Å². The Kier molecular flexibility index (Phi) is 9.18. The molecule has 0 unspecified atom stereocenters. The number of fused-ring (bicyclic) bond motifs is 2. The van der Waals surface area contributed by atoms with Crippen molar-refractivity contribution in [2.24, 2.45) is 0 Å². The van der Waals surface area contributed by atoms with Crippen LogP contribution in [0.4, 0.5) is 11.4 Å². The molecule has 0 radical (unpaired) electrons. The quantitative estimate of drug-likeness (QED) is 0.108. The van der Waals surface area contributed by atoms with E-state index >= 15 is 0 Å². The van der Waals surface area contributed by atoms with Crippen LogP contribution in [0.1, 0.15) is 11.1 Å². The summed E-state index contributed by atoms with van der Waals surface area (Å²) in [7, 11) is 3.24. The molecule has 6 aromatic rings. The van der Waals surface area contributed by atoms with Gasteiger partial charge in [0.05, 0.1) is 47.8 Å². The van der Waals surface area contributed by atoms with E-state index in [4.69, 9.17) is 9.47 Å². The van der Waals surface area contributed by atoms with Crippen molar-refractivity contribution in [3.05, 3.63) is 83.9 Å². The summed E-state index contributed by atoms with van der Waals surface area (Å²) >= 11 is 2.69. The molecular formula is C34H32N6O4S2. The molecule has 6 rings (SSSR count). The fourth-order valence-corrected chi connectivity index (χ4v) is 6.44. The van der Waals surface area contributed by atoms with E-state index in [0.717, 1.165) is 67.2 Å². The number of ether oxygens (including phenoxy) is 2. The van der Waals surface area contributed by atoms with Gasteiger partial charge in [0.25, 0.3) is 0 Å². The number of imidazole rings is 2. The number of aromatic nitrogens is 4. The number of carbonyl (C=O) groups excluding carboxylic acids is 2. The zero-order chi connectivity index (χ0) is 32.2. The zero-order valence-electron chi connectivity index (χ0n) is 25.7. The van der Waals surface area contributed by atoms with Crippen molar-refractivity contribution in [1.82, 2.24) is 19.9 Å². The highest BCUT2D eigenvalue weighted by Crippen LogP contribution is 2.31. The highest BCUT2D eigenvalue weighted by molar-refractivity contribution is 8.00. The molecule has 2 amide bonds. The molecule has 234 valence electrons. The molecule has 0 aliphatic rings. The number of rotatable bonds is 11. The van der Waals surface area contributed by atoms with Gasteiger partial charge in [0.2, 0.25) is 11.8 Å². The number of nitrogens with one attached hydrogen (secondary N) is 4. The van der Waals surface area contributed by atoms with Crippen LogP contribution in [-0.4, -0.2) is 57.5 Å². The summed E-state index contributed by atoms with van der Waals surface area (Å²) in [5.41, 5.74) is 8.97. The summed E-state index contributed by atoms with van der Waals surface area (Å²) in [5.74, 6) is 1.69. The van der Waals surface area contributed by atoms with Crippen molar-refractivity contribution >= 4 is 68.8 Å². The van der Waals surface area contributed by atoms with E-state index in [1.807, 2.05) is 86.6 Å². The van der Waals surface area contributed by atoms with Gasteiger partial charge in [-0.25, -0.2) is 9.97 Å². The number of H-pyrrole nitrogens is 2. The molecule has 2 aromatic heterocycles. The largest absolute Gasteiger partial charge is 0.497 e. The molecule has 12 heteroatoms. The predicted octanol–water partition coefficient (Wildman–Crippen LogP) is 7.20. The number of benzene rings is 4. The lowest BCUT2D eigenvalue weighted by Gasteiger charge is -2.14. The van der Waals surface area contributed by atoms with Gasteiger partial charge in [0.15, 0.2) is 10.3 Å². The van der Waals surface area contributed by atoms with Crippen LogP contribution in [0, 0.1) is 13.8 Å². The fourth-order valence-electron chi connectivity index (χ4n) is 5.07. The number of nitrogens with zero attached hydrogens (tertiary/aromatic N) is 2. The minimum Gasteiger partial charge on any atom is -0.497 e. The number of carbonyl (C=O) groups is 2. The number of hydrogen-bond acceptors (Lipinski definition) is 8. The molecule has 0 aliphatic carbocycles. The molecular weight excluding hydrogens is 621 g/mol. The van der Waals surface area contributed by atoms with Crippen LogP contribution in [0.5, 0.6) is 11.5 Å². The topological polar surface area (TPSA) is 134 Å². The number of hydrogen-bond donors (Lipinski definition) is 4. The molecule has 10 nitrogen and oxygen atoms in total. The first-order chi connectivity index (χ1) is 22.3. The minimum atomic E-state index is -0.120. The van der Waals surface area contributed by atoms with E-state index in [-0.39, 0.29) is 23.3 Å². The van der Waals surface area contributed by atoms with Crippen molar-refractivity contribution in [1.29, 1.82) is 0 Å². The summed E-state index contributed by atoms with van der Waals surface area (Å²) < 4.78 is 10.5. The predicted molar refractivity (Wildman–Crippen MR) is 185 cm³/mol. The number of methoxy groups -OCH3 is 2. The number of aromatic amines is 2. The number of thioether (sulfide) groups is 2. The molecule has 46 heavy (non-hydrogen) atoms. The van der Waals surface area contributed by atoms with E-state index in [0.29, 0.717) is 10.3 Å². The van der Waals surface area contributed by atoms with Crippen molar-refractivity contribution in [3.63, 3.8) is 0 Å². The van der Waals surface area contributed by atoms with Crippen LogP contribution in [0.25, 0.3) is 33.2 Å². The standard InChI is InChI=1S/C34H32N6O4S2/c1-19-13-21(35-31(41)17-45-33-37-27-11-7-23(43-3)15-29(27)39-33)5-9-25(19)26-10-6-22(14-20(26)2)36-32(42)18-46-34-38-28-12-8-24(44-4)16-30(28)40-34/h5-16H,17-18H2,1-4H3,(H,35,41)(H,36,42)(H,37,39)(H,38,40). The maximum atomic E-state index is 12.7. The number of amides is 2. The van der Waals surface area contributed by atoms with Gasteiger partial charge in [-0.05, 0) is 84.6 Å². The minimum absolute atomic E-state index is 0.120. The molecule has 0 fully saturated rings. The molecule has 0 atom stereocenters. The van der Waals surface area contributed by atoms with Gasteiger partial charge < -0.3 is 30.1 Å². The second-order valence-electron chi connectivity index (χ2n) is 10.6. The SMILES string of the molecule is COc1ccc2nc(SCC(=O)Nc3ccc(-c4ccc(NC(=O)CSc5nc6ccc(OC)cc6[nH]5)cc4C)c(C)c3)[nH]c2c1. The van der Waals surface area contributed by atoms with Gasteiger partial charge >= 0.3 is 0 Å². The number of anilines is 2. The zero-order valence-corrected chi connectivity index (χ0v) is 27.3. The van der Waals surface area contributed by atoms with Crippen LogP contribution in [0.2, 0.25) is 0 Å². The van der Waals surface area contributed by atoms with E-state index in [1.165, 1.54) is 23.5 Å². The molecule has 0 spiro atoms. The summed E-state index contributed by atoms with van der Waals surface area (Å²) in [6, 6.07) is 23.0. The summed E-state index contributed by atoms with van der Waals surface area (Å²) in [5, 5.41) is 7.31. The molecule has 2 heterocycles. The second-order valence-corrected chi connectivity index (χ2v) is 12.5. The maximum absolute atomic E-state index is 12.7. The summed E-state index contributed by atoms with van der Waals surface area (Å²) in [4.78, 5) is 40.9. The summed E-state index contributed by atoms with van der Waals surface area (Å²) in [6.07, 6.45) is 0. The number of aryl methyl sites for hydroxylation is 2. The molecule has 0 saturated heterocycles. The Hall–Kier alpha value is -4.94. The third kappa shape index (κ3) is 7.13. The van der Waals surface area contributed by atoms with E-state index < -0.39 is 0 Å². The Labute approximate surface area is 274 Å². The molecule has 0 aliphatic heterocycles. The Morgan fingerprint density at radius 2 is 1.09 bits per heavy atom. The summed E-state index contributed by atoms with van der Waals surface area (Å²) in [6.45, 7) is 4.03. The van der Waals surface area contributed by atoms with Crippen LogP contribution < -0.4 is 20.1 Å². The third-order valence-corrected chi connectivity index (χ3v) is 9.07. The first-order valence-electron chi connectivity index (χ1n) is 14.4. The first-order valence-corrected chi connectivity index (χ1v) is 16.4. The average Bonchev–Trinajstić information content (AvgIpc) is 3.66. The third-order valence-electron chi connectivity index (χ3n) is 7.33. The highest BCUT2D eigenvalue weighted by atomic mass is 32.2. The molecule has 4 N–H and O–H groups in total. The van der Waals surface area contributed by atoms with Gasteiger partial charge in [0.1, 0.15) is 11.5 Å². The van der Waals surface area contributed by atoms with Gasteiger partial charge in [0, 0.05) is 23.5 Å². The van der Waals surface area contributed by atoms with E-state index in [9.17, 15) is 9.59 Å². The maximum Gasteiger partial charge on any atom is 0.234 e. The van der Waals surface area contributed by atoms with Gasteiger partial charge in [-0.15, -0.1) is 0 Å². The van der Waals surface area contributed by atoms with Crippen molar-refractivity contribution in [2.75, 3.05) is 36.4 Å². The van der Waals surface area contributed by atoms with Gasteiger partial charge in [-0.3, -0.25) is 9.59 Å². The Morgan fingerprint density at radius 1 is 0.652 bits per heavy atom. The Balaban J connectivity index is 1.03. The van der Waals surface area contributed by atoms with Crippen LogP contribution in [0.3, 0.4) is 0 Å². The van der Waals surface area contributed by atoms with Crippen molar-refractivity contribution in [2.45, 2.75) is 24.2 Å². The van der Waals surface area contributed by atoms with Crippen LogP contribution in [-0.2, 0) is 9.59 Å². The molecule has 0 saturated carbocycles. The Morgan fingerprint density at radius 3 is 1.48 bits per heavy atom. The lowest BCUT2D eigenvalue weighted by molar-refractivity contribution is -0.114. The van der Waals surface area contributed by atoms with Crippen LogP contribution in [0.15, 0.2) is 83.1 Å². The normalized spacial score (nSPS) is 11.1. The first kappa shape index (κ1) is 31.1. The van der Waals surface area contributed by atoms with E-state index in [1.54, 1.807) is 14.2 Å². The fraction of sp³-hybridized carbons (Fsp3) is 0.176. The highest BCUT2D eigenvalue weighted by Gasteiger charge is 2.13.